The van der Waals surface area contributed by atoms with Crippen LogP contribution in [0.3, 0.4) is 0 Å². The Morgan fingerprint density at radius 3 is 2.83 bits per heavy atom. The SMILES string of the molecule is CNCCCNC(=O)COc1ccc(Cl)cc1C. The summed E-state index contributed by atoms with van der Waals surface area (Å²) < 4.78 is 5.42. The maximum atomic E-state index is 11.5. The fourth-order valence-corrected chi connectivity index (χ4v) is 1.69. The first kappa shape index (κ1) is 14.8. The third-order valence-electron chi connectivity index (χ3n) is 2.42. The van der Waals surface area contributed by atoms with Crippen molar-refractivity contribution in [2.75, 3.05) is 26.7 Å². The van der Waals surface area contributed by atoms with Gasteiger partial charge in [-0.1, -0.05) is 11.6 Å². The summed E-state index contributed by atoms with van der Waals surface area (Å²) in [7, 11) is 1.88. The topological polar surface area (TPSA) is 50.4 Å². The monoisotopic (exact) mass is 270 g/mol. The lowest BCUT2D eigenvalue weighted by Crippen LogP contribution is -2.31. The van der Waals surface area contributed by atoms with Crippen LogP contribution in [0.2, 0.25) is 5.02 Å². The van der Waals surface area contributed by atoms with Gasteiger partial charge < -0.3 is 15.4 Å². The zero-order valence-corrected chi connectivity index (χ0v) is 11.5. The molecule has 0 atom stereocenters. The number of halogens is 1. The smallest absolute Gasteiger partial charge is 0.257 e. The second kappa shape index (κ2) is 7.95. The van der Waals surface area contributed by atoms with Gasteiger partial charge in [0.05, 0.1) is 0 Å². The Balaban J connectivity index is 2.29. The van der Waals surface area contributed by atoms with Crippen molar-refractivity contribution in [2.45, 2.75) is 13.3 Å². The Bertz CT molecular complexity index is 397. The first-order chi connectivity index (χ1) is 8.63. The zero-order valence-electron chi connectivity index (χ0n) is 10.8. The van der Waals surface area contributed by atoms with Crippen LogP contribution in [-0.4, -0.2) is 32.7 Å². The van der Waals surface area contributed by atoms with Gasteiger partial charge in [-0.15, -0.1) is 0 Å². The van der Waals surface area contributed by atoms with Crippen molar-refractivity contribution >= 4 is 17.5 Å². The number of aryl methyl sites for hydroxylation is 1. The highest BCUT2D eigenvalue weighted by atomic mass is 35.5. The van der Waals surface area contributed by atoms with Gasteiger partial charge in [-0.25, -0.2) is 0 Å². The lowest BCUT2D eigenvalue weighted by molar-refractivity contribution is -0.123. The molecule has 1 aromatic rings. The summed E-state index contributed by atoms with van der Waals surface area (Å²) in [5, 5.41) is 6.47. The molecular formula is C13H19ClN2O2. The fourth-order valence-electron chi connectivity index (χ4n) is 1.46. The van der Waals surface area contributed by atoms with Gasteiger partial charge in [0, 0.05) is 11.6 Å². The Labute approximate surface area is 113 Å². The Morgan fingerprint density at radius 1 is 1.39 bits per heavy atom. The van der Waals surface area contributed by atoms with Crippen LogP contribution in [0.4, 0.5) is 0 Å². The van der Waals surface area contributed by atoms with Crippen molar-refractivity contribution in [3.8, 4) is 5.75 Å². The Morgan fingerprint density at radius 2 is 2.17 bits per heavy atom. The van der Waals surface area contributed by atoms with E-state index in [0.717, 1.165) is 18.5 Å². The molecule has 4 nitrogen and oxygen atoms in total. The van der Waals surface area contributed by atoms with Crippen LogP contribution in [-0.2, 0) is 4.79 Å². The van der Waals surface area contributed by atoms with E-state index in [-0.39, 0.29) is 12.5 Å². The predicted octanol–water partition coefficient (Wildman–Crippen LogP) is 1.75. The van der Waals surface area contributed by atoms with Crippen molar-refractivity contribution in [3.05, 3.63) is 28.8 Å². The van der Waals surface area contributed by atoms with E-state index < -0.39 is 0 Å². The van der Waals surface area contributed by atoms with Gasteiger partial charge in [-0.05, 0) is 50.7 Å². The molecule has 0 aliphatic heterocycles. The van der Waals surface area contributed by atoms with Crippen molar-refractivity contribution in [2.24, 2.45) is 0 Å². The van der Waals surface area contributed by atoms with Crippen LogP contribution in [0.25, 0.3) is 0 Å². The van der Waals surface area contributed by atoms with E-state index in [1.165, 1.54) is 0 Å². The van der Waals surface area contributed by atoms with Gasteiger partial charge in [0.2, 0.25) is 0 Å². The van der Waals surface area contributed by atoms with Crippen molar-refractivity contribution in [1.29, 1.82) is 0 Å². The van der Waals surface area contributed by atoms with Crippen LogP contribution in [0.1, 0.15) is 12.0 Å². The molecule has 0 aliphatic rings. The molecule has 0 heterocycles. The van der Waals surface area contributed by atoms with Gasteiger partial charge in [0.15, 0.2) is 6.61 Å². The minimum Gasteiger partial charge on any atom is -0.484 e. The Kier molecular flexibility index (Phi) is 6.54. The fraction of sp³-hybridized carbons (Fsp3) is 0.462. The highest BCUT2D eigenvalue weighted by Gasteiger charge is 2.04. The van der Waals surface area contributed by atoms with E-state index in [4.69, 9.17) is 16.3 Å². The number of carbonyl (C=O) groups is 1. The van der Waals surface area contributed by atoms with Crippen LogP contribution in [0.5, 0.6) is 5.75 Å². The quantitative estimate of drug-likeness (QED) is 0.743. The molecule has 2 N–H and O–H groups in total. The molecule has 0 unspecified atom stereocenters. The third kappa shape index (κ3) is 5.38. The maximum Gasteiger partial charge on any atom is 0.257 e. The van der Waals surface area contributed by atoms with Crippen molar-refractivity contribution in [1.82, 2.24) is 10.6 Å². The summed E-state index contributed by atoms with van der Waals surface area (Å²) >= 11 is 5.84. The molecule has 0 spiro atoms. The van der Waals surface area contributed by atoms with E-state index in [9.17, 15) is 4.79 Å². The van der Waals surface area contributed by atoms with Crippen LogP contribution in [0, 0.1) is 6.92 Å². The minimum absolute atomic E-state index is 0.0298. The molecule has 18 heavy (non-hydrogen) atoms. The van der Waals surface area contributed by atoms with E-state index >= 15 is 0 Å². The number of benzene rings is 1. The van der Waals surface area contributed by atoms with Gasteiger partial charge >= 0.3 is 0 Å². The zero-order chi connectivity index (χ0) is 13.4. The van der Waals surface area contributed by atoms with Gasteiger partial charge in [0.25, 0.3) is 5.91 Å². The first-order valence-corrected chi connectivity index (χ1v) is 6.31. The summed E-state index contributed by atoms with van der Waals surface area (Å²) in [6.45, 7) is 3.47. The summed E-state index contributed by atoms with van der Waals surface area (Å²) in [5.74, 6) is 0.574. The molecule has 100 valence electrons. The number of amides is 1. The largest absolute Gasteiger partial charge is 0.484 e. The lowest BCUT2D eigenvalue weighted by Gasteiger charge is -2.09. The molecule has 1 rings (SSSR count). The van der Waals surface area contributed by atoms with Crippen LogP contribution < -0.4 is 15.4 Å². The van der Waals surface area contributed by atoms with Gasteiger partial charge in [-0.2, -0.15) is 0 Å². The van der Waals surface area contributed by atoms with E-state index in [0.29, 0.717) is 17.3 Å². The normalized spacial score (nSPS) is 10.2. The molecule has 0 fully saturated rings. The molecular weight excluding hydrogens is 252 g/mol. The summed E-state index contributed by atoms with van der Waals surface area (Å²) in [6.07, 6.45) is 0.905. The lowest BCUT2D eigenvalue weighted by atomic mass is 10.2. The molecule has 1 aromatic carbocycles. The van der Waals surface area contributed by atoms with Gasteiger partial charge in [0.1, 0.15) is 5.75 Å². The standard InChI is InChI=1S/C13H19ClN2O2/c1-10-8-11(14)4-5-12(10)18-9-13(17)16-7-3-6-15-2/h4-5,8,15H,3,6-7,9H2,1-2H3,(H,16,17). The average molecular weight is 271 g/mol. The van der Waals surface area contributed by atoms with Gasteiger partial charge in [-0.3, -0.25) is 4.79 Å². The highest BCUT2D eigenvalue weighted by molar-refractivity contribution is 6.30. The van der Waals surface area contributed by atoms with Crippen LogP contribution in [0.15, 0.2) is 18.2 Å². The Hall–Kier alpha value is -1.26. The minimum atomic E-state index is -0.111. The maximum absolute atomic E-state index is 11.5. The molecule has 0 bridgehead atoms. The number of hydrogen-bond donors (Lipinski definition) is 2. The molecule has 0 saturated heterocycles. The summed E-state index contributed by atoms with van der Waals surface area (Å²) in [4.78, 5) is 11.5. The van der Waals surface area contributed by atoms with Crippen molar-refractivity contribution < 1.29 is 9.53 Å². The second-order valence-corrected chi connectivity index (χ2v) is 4.44. The second-order valence-electron chi connectivity index (χ2n) is 4.01. The predicted molar refractivity (Wildman–Crippen MR) is 73.2 cm³/mol. The number of hydrogen-bond acceptors (Lipinski definition) is 3. The molecule has 5 heteroatoms. The van der Waals surface area contributed by atoms with Crippen molar-refractivity contribution in [3.63, 3.8) is 0 Å². The molecule has 0 aromatic heterocycles. The summed E-state index contributed by atoms with van der Waals surface area (Å²) in [5.41, 5.74) is 0.922. The van der Waals surface area contributed by atoms with E-state index in [1.54, 1.807) is 12.1 Å². The number of nitrogens with one attached hydrogen (secondary N) is 2. The van der Waals surface area contributed by atoms with Crippen LogP contribution >= 0.6 is 11.6 Å². The molecule has 0 radical (unpaired) electrons. The number of rotatable bonds is 7. The van der Waals surface area contributed by atoms with E-state index in [2.05, 4.69) is 10.6 Å². The highest BCUT2D eigenvalue weighted by Crippen LogP contribution is 2.21. The molecule has 0 aliphatic carbocycles. The van der Waals surface area contributed by atoms with E-state index in [1.807, 2.05) is 20.0 Å². The molecule has 1 amide bonds. The number of ether oxygens (including phenoxy) is 1. The first-order valence-electron chi connectivity index (χ1n) is 5.93. The number of carbonyl (C=O) groups excluding carboxylic acids is 1. The molecule has 0 saturated carbocycles. The average Bonchev–Trinajstić information content (AvgIpc) is 2.33. The third-order valence-corrected chi connectivity index (χ3v) is 2.66. The summed E-state index contributed by atoms with van der Waals surface area (Å²) in [6, 6.07) is 5.32.